The van der Waals surface area contributed by atoms with Gasteiger partial charge < -0.3 is 10.5 Å². The molecule has 0 saturated heterocycles. The fourth-order valence-corrected chi connectivity index (χ4v) is 2.38. The molecule has 0 spiro atoms. The Kier molecular flexibility index (Phi) is 6.10. The molecule has 4 heteroatoms. The van der Waals surface area contributed by atoms with Gasteiger partial charge in [-0.1, -0.05) is 38.5 Å². The standard InChI is InChI=1S/C11H21F2NO/c12-11(13)15-8-10(7-14)9-5-3-1-2-4-6-9/h9-11H,1-8,14H2. The van der Waals surface area contributed by atoms with Crippen LogP contribution in [0.3, 0.4) is 0 Å². The second-order valence-corrected chi connectivity index (χ2v) is 4.34. The number of ether oxygens (including phenoxy) is 1. The monoisotopic (exact) mass is 221 g/mol. The first-order chi connectivity index (χ1) is 7.24. The van der Waals surface area contributed by atoms with Crippen molar-refractivity contribution in [2.45, 2.75) is 45.1 Å². The second kappa shape index (κ2) is 7.12. The van der Waals surface area contributed by atoms with Crippen molar-refractivity contribution < 1.29 is 13.5 Å². The quantitative estimate of drug-likeness (QED) is 0.724. The van der Waals surface area contributed by atoms with Crippen molar-refractivity contribution in [1.82, 2.24) is 0 Å². The highest BCUT2D eigenvalue weighted by Gasteiger charge is 2.22. The number of rotatable bonds is 5. The summed E-state index contributed by atoms with van der Waals surface area (Å²) in [5.74, 6) is 0.591. The summed E-state index contributed by atoms with van der Waals surface area (Å²) in [4.78, 5) is 0. The predicted octanol–water partition coefficient (Wildman–Crippen LogP) is 2.77. The van der Waals surface area contributed by atoms with Crippen molar-refractivity contribution in [2.24, 2.45) is 17.6 Å². The number of halogens is 2. The van der Waals surface area contributed by atoms with Crippen LogP contribution in [0.4, 0.5) is 8.78 Å². The summed E-state index contributed by atoms with van der Waals surface area (Å²) in [6.07, 6.45) is 7.18. The summed E-state index contributed by atoms with van der Waals surface area (Å²) < 4.78 is 28.2. The van der Waals surface area contributed by atoms with Crippen LogP contribution in [0.5, 0.6) is 0 Å². The van der Waals surface area contributed by atoms with Crippen molar-refractivity contribution in [1.29, 1.82) is 0 Å². The maximum Gasteiger partial charge on any atom is 0.345 e. The van der Waals surface area contributed by atoms with E-state index in [1.54, 1.807) is 0 Å². The first kappa shape index (κ1) is 12.8. The van der Waals surface area contributed by atoms with E-state index >= 15 is 0 Å². The molecular weight excluding hydrogens is 200 g/mol. The molecule has 0 aliphatic heterocycles. The van der Waals surface area contributed by atoms with E-state index in [0.717, 1.165) is 12.8 Å². The van der Waals surface area contributed by atoms with Gasteiger partial charge in [-0.05, 0) is 18.4 Å². The summed E-state index contributed by atoms with van der Waals surface area (Å²) in [6.45, 7) is -2.10. The summed E-state index contributed by atoms with van der Waals surface area (Å²) >= 11 is 0. The van der Waals surface area contributed by atoms with Gasteiger partial charge in [0.05, 0.1) is 6.61 Å². The second-order valence-electron chi connectivity index (χ2n) is 4.34. The molecule has 0 bridgehead atoms. The molecule has 0 amide bonds. The fraction of sp³-hybridized carbons (Fsp3) is 1.00. The Labute approximate surface area is 90.2 Å². The summed E-state index contributed by atoms with van der Waals surface area (Å²) in [5.41, 5.74) is 5.62. The van der Waals surface area contributed by atoms with Crippen molar-refractivity contribution >= 4 is 0 Å². The molecule has 0 heterocycles. The van der Waals surface area contributed by atoms with Gasteiger partial charge in [-0.3, -0.25) is 0 Å². The molecule has 1 aliphatic rings. The Morgan fingerprint density at radius 3 is 2.20 bits per heavy atom. The Morgan fingerprint density at radius 1 is 1.13 bits per heavy atom. The predicted molar refractivity (Wildman–Crippen MR) is 55.7 cm³/mol. The van der Waals surface area contributed by atoms with Crippen LogP contribution in [0.25, 0.3) is 0 Å². The SMILES string of the molecule is NCC(COC(F)F)C1CCCCCC1. The molecule has 1 aliphatic carbocycles. The third kappa shape index (κ3) is 4.89. The van der Waals surface area contributed by atoms with Gasteiger partial charge in [-0.25, -0.2) is 0 Å². The largest absolute Gasteiger partial charge is 0.345 e. The molecule has 90 valence electrons. The van der Waals surface area contributed by atoms with Gasteiger partial charge in [0.25, 0.3) is 0 Å². The van der Waals surface area contributed by atoms with E-state index in [2.05, 4.69) is 4.74 Å². The molecule has 1 atom stereocenters. The Hall–Kier alpha value is -0.220. The number of nitrogens with two attached hydrogens (primary N) is 1. The van der Waals surface area contributed by atoms with Crippen LogP contribution < -0.4 is 5.73 Å². The molecule has 0 aromatic rings. The molecule has 2 nitrogen and oxygen atoms in total. The van der Waals surface area contributed by atoms with Gasteiger partial charge in [0.15, 0.2) is 0 Å². The highest BCUT2D eigenvalue weighted by Crippen LogP contribution is 2.29. The Bertz CT molecular complexity index is 159. The van der Waals surface area contributed by atoms with Crippen LogP contribution in [-0.2, 0) is 4.74 Å². The summed E-state index contributed by atoms with van der Waals surface area (Å²) in [6, 6.07) is 0. The number of alkyl halides is 2. The van der Waals surface area contributed by atoms with Crippen molar-refractivity contribution in [3.63, 3.8) is 0 Å². The first-order valence-electron chi connectivity index (χ1n) is 5.84. The topological polar surface area (TPSA) is 35.2 Å². The summed E-state index contributed by atoms with van der Waals surface area (Å²) in [7, 11) is 0. The van der Waals surface area contributed by atoms with Crippen molar-refractivity contribution in [2.75, 3.05) is 13.2 Å². The van der Waals surface area contributed by atoms with Crippen LogP contribution in [-0.4, -0.2) is 19.8 Å². The molecule has 0 aromatic carbocycles. The van der Waals surface area contributed by atoms with E-state index in [9.17, 15) is 8.78 Å². The highest BCUT2D eigenvalue weighted by molar-refractivity contribution is 4.73. The lowest BCUT2D eigenvalue weighted by atomic mass is 9.87. The van der Waals surface area contributed by atoms with E-state index < -0.39 is 6.61 Å². The molecule has 2 N–H and O–H groups in total. The fourth-order valence-electron chi connectivity index (χ4n) is 2.38. The highest BCUT2D eigenvalue weighted by atomic mass is 19.3. The minimum absolute atomic E-state index is 0.108. The van der Waals surface area contributed by atoms with Gasteiger partial charge in [-0.15, -0.1) is 0 Å². The molecule has 0 radical (unpaired) electrons. The maximum absolute atomic E-state index is 11.9. The van der Waals surface area contributed by atoms with E-state index in [4.69, 9.17) is 5.73 Å². The van der Waals surface area contributed by atoms with Crippen LogP contribution in [0.2, 0.25) is 0 Å². The molecule has 1 fully saturated rings. The van der Waals surface area contributed by atoms with E-state index in [-0.39, 0.29) is 12.5 Å². The third-order valence-corrected chi connectivity index (χ3v) is 3.31. The molecule has 1 unspecified atom stereocenters. The van der Waals surface area contributed by atoms with Crippen LogP contribution in [0, 0.1) is 11.8 Å². The van der Waals surface area contributed by atoms with E-state index in [1.807, 2.05) is 0 Å². The van der Waals surface area contributed by atoms with Crippen LogP contribution >= 0.6 is 0 Å². The normalized spacial score (nSPS) is 21.6. The molecule has 0 aromatic heterocycles. The number of hydrogen-bond donors (Lipinski definition) is 1. The zero-order valence-corrected chi connectivity index (χ0v) is 9.13. The van der Waals surface area contributed by atoms with Gasteiger partial charge in [0, 0.05) is 0 Å². The van der Waals surface area contributed by atoms with Crippen LogP contribution in [0.15, 0.2) is 0 Å². The number of hydrogen-bond acceptors (Lipinski definition) is 2. The zero-order valence-electron chi connectivity index (χ0n) is 9.13. The van der Waals surface area contributed by atoms with Gasteiger partial charge in [0.1, 0.15) is 0 Å². The Morgan fingerprint density at radius 2 is 1.73 bits per heavy atom. The first-order valence-corrected chi connectivity index (χ1v) is 5.84. The molecule has 1 rings (SSSR count). The molecular formula is C11H21F2NO. The Balaban J connectivity index is 2.34. The lowest BCUT2D eigenvalue weighted by molar-refractivity contribution is -0.141. The average Bonchev–Trinajstić information content (AvgIpc) is 2.47. The van der Waals surface area contributed by atoms with Crippen molar-refractivity contribution in [3.8, 4) is 0 Å². The smallest absolute Gasteiger partial charge is 0.330 e. The van der Waals surface area contributed by atoms with E-state index in [1.165, 1.54) is 25.7 Å². The average molecular weight is 221 g/mol. The van der Waals surface area contributed by atoms with Crippen molar-refractivity contribution in [3.05, 3.63) is 0 Å². The lowest BCUT2D eigenvalue weighted by Crippen LogP contribution is -2.28. The lowest BCUT2D eigenvalue weighted by Gasteiger charge is -2.24. The van der Waals surface area contributed by atoms with Gasteiger partial charge >= 0.3 is 6.61 Å². The van der Waals surface area contributed by atoms with Gasteiger partial charge in [-0.2, -0.15) is 8.78 Å². The molecule has 15 heavy (non-hydrogen) atoms. The minimum atomic E-state index is -2.66. The molecule has 1 saturated carbocycles. The third-order valence-electron chi connectivity index (χ3n) is 3.31. The van der Waals surface area contributed by atoms with E-state index in [0.29, 0.717) is 12.5 Å². The van der Waals surface area contributed by atoms with Crippen LogP contribution in [0.1, 0.15) is 38.5 Å². The van der Waals surface area contributed by atoms with Gasteiger partial charge in [0.2, 0.25) is 0 Å². The minimum Gasteiger partial charge on any atom is -0.330 e. The summed E-state index contributed by atoms with van der Waals surface area (Å²) in [5, 5.41) is 0. The maximum atomic E-state index is 11.9. The zero-order chi connectivity index (χ0) is 11.1.